The molecule has 184 valence electrons. The van der Waals surface area contributed by atoms with Crippen LogP contribution in [0.15, 0.2) is 35.5 Å². The van der Waals surface area contributed by atoms with Crippen molar-refractivity contribution >= 4 is 35.1 Å². The van der Waals surface area contributed by atoms with Crippen molar-refractivity contribution < 1.29 is 14.3 Å². The minimum absolute atomic E-state index is 0.0454. The number of aromatic nitrogens is 1. The third kappa shape index (κ3) is 4.25. The lowest BCUT2D eigenvalue weighted by Crippen LogP contribution is -2.52. The van der Waals surface area contributed by atoms with E-state index in [0.717, 1.165) is 72.0 Å². The summed E-state index contributed by atoms with van der Waals surface area (Å²) in [7, 11) is 0. The van der Waals surface area contributed by atoms with Gasteiger partial charge in [0.25, 0.3) is 0 Å². The van der Waals surface area contributed by atoms with E-state index in [1.54, 1.807) is 11.1 Å². The van der Waals surface area contributed by atoms with Crippen LogP contribution in [-0.4, -0.2) is 47.4 Å². The van der Waals surface area contributed by atoms with E-state index in [4.69, 9.17) is 4.74 Å². The highest BCUT2D eigenvalue weighted by Gasteiger charge is 2.47. The Morgan fingerprint density at radius 3 is 2.80 bits per heavy atom. The Hall–Kier alpha value is -2.78. The molecule has 2 fully saturated rings. The van der Waals surface area contributed by atoms with Crippen LogP contribution in [0.4, 0.5) is 16.2 Å². The maximum absolute atomic E-state index is 13.4. The van der Waals surface area contributed by atoms with Gasteiger partial charge in [0.2, 0.25) is 5.91 Å². The van der Waals surface area contributed by atoms with Crippen LogP contribution < -0.4 is 25.6 Å². The lowest BCUT2D eigenvalue weighted by atomic mass is 9.99. The third-order valence-electron chi connectivity index (χ3n) is 7.42. The maximum Gasteiger partial charge on any atom is 0.327 e. The topological polar surface area (TPSA) is 95.6 Å². The number of thioether (sulfide) groups is 1. The number of aryl methyl sites for hydroxylation is 1. The van der Waals surface area contributed by atoms with Crippen molar-refractivity contribution in [1.82, 2.24) is 20.9 Å². The number of benzene rings is 1. The molecule has 0 radical (unpaired) electrons. The average molecular weight is 494 g/mol. The van der Waals surface area contributed by atoms with E-state index in [9.17, 15) is 9.59 Å². The van der Waals surface area contributed by atoms with Gasteiger partial charge in [0, 0.05) is 24.3 Å². The van der Waals surface area contributed by atoms with Gasteiger partial charge in [-0.15, -0.1) is 0 Å². The molecule has 9 heteroatoms. The van der Waals surface area contributed by atoms with Crippen molar-refractivity contribution in [3.63, 3.8) is 0 Å². The molecule has 1 aromatic carbocycles. The molecule has 2 aromatic rings. The van der Waals surface area contributed by atoms with Crippen molar-refractivity contribution in [1.29, 1.82) is 0 Å². The van der Waals surface area contributed by atoms with Gasteiger partial charge in [0.15, 0.2) is 0 Å². The molecule has 0 bridgehead atoms. The van der Waals surface area contributed by atoms with E-state index in [2.05, 4.69) is 20.9 Å². The largest absolute Gasteiger partial charge is 0.490 e. The summed E-state index contributed by atoms with van der Waals surface area (Å²) in [5.41, 5.74) is 3.48. The molecule has 1 saturated carbocycles. The summed E-state index contributed by atoms with van der Waals surface area (Å²) in [6.07, 6.45) is 8.67. The summed E-state index contributed by atoms with van der Waals surface area (Å²) in [5, 5.41) is 9.99. The van der Waals surface area contributed by atoms with Crippen molar-refractivity contribution in [2.24, 2.45) is 0 Å². The number of piperidine rings is 1. The molecule has 3 N–H and O–H groups in total. The molecule has 1 aromatic heterocycles. The molecular weight excluding hydrogens is 462 g/mol. The summed E-state index contributed by atoms with van der Waals surface area (Å²) in [6.45, 7) is 3.77. The predicted octanol–water partition coefficient (Wildman–Crippen LogP) is 3.96. The molecule has 4 heterocycles. The Balaban J connectivity index is 1.26. The SMILES string of the molecule is Cc1cc(OC2CCCC2)ccc1N1C(=O)NC2c3c1ccnc3S[C@H]2C(=O)NC1CCCNC1. The molecule has 1 aliphatic carbocycles. The Morgan fingerprint density at radius 2 is 2.03 bits per heavy atom. The molecule has 35 heavy (non-hydrogen) atoms. The second-order valence-corrected chi connectivity index (χ2v) is 11.0. The minimum atomic E-state index is -0.435. The number of amides is 3. The van der Waals surface area contributed by atoms with E-state index in [0.29, 0.717) is 0 Å². The van der Waals surface area contributed by atoms with Gasteiger partial charge in [-0.05, 0) is 81.8 Å². The van der Waals surface area contributed by atoms with E-state index in [1.165, 1.54) is 24.6 Å². The van der Waals surface area contributed by atoms with Gasteiger partial charge in [0.1, 0.15) is 16.0 Å². The van der Waals surface area contributed by atoms with Gasteiger partial charge in [-0.25, -0.2) is 9.78 Å². The third-order valence-corrected chi connectivity index (χ3v) is 8.71. The highest BCUT2D eigenvalue weighted by Crippen LogP contribution is 2.51. The van der Waals surface area contributed by atoms with E-state index in [1.807, 2.05) is 31.2 Å². The summed E-state index contributed by atoms with van der Waals surface area (Å²) in [5.74, 6) is 0.800. The van der Waals surface area contributed by atoms with Crippen LogP contribution in [-0.2, 0) is 4.79 Å². The van der Waals surface area contributed by atoms with Crippen molar-refractivity contribution in [2.75, 3.05) is 18.0 Å². The molecule has 3 atom stereocenters. The number of hydrogen-bond acceptors (Lipinski definition) is 6. The lowest BCUT2D eigenvalue weighted by molar-refractivity contribution is -0.121. The number of nitrogens with one attached hydrogen (secondary N) is 3. The van der Waals surface area contributed by atoms with Gasteiger partial charge in [0.05, 0.1) is 23.5 Å². The quantitative estimate of drug-likeness (QED) is 0.584. The van der Waals surface area contributed by atoms with Crippen LogP contribution >= 0.6 is 11.8 Å². The van der Waals surface area contributed by atoms with Crippen molar-refractivity contribution in [3.8, 4) is 5.75 Å². The number of hydrogen-bond donors (Lipinski definition) is 3. The van der Waals surface area contributed by atoms with Crippen molar-refractivity contribution in [2.45, 2.75) is 73.9 Å². The number of carbonyl (C=O) groups is 2. The number of nitrogens with zero attached hydrogens (tertiary/aromatic N) is 2. The number of urea groups is 1. The minimum Gasteiger partial charge on any atom is -0.490 e. The zero-order chi connectivity index (χ0) is 23.9. The van der Waals surface area contributed by atoms with Gasteiger partial charge < -0.3 is 20.7 Å². The Labute approximate surface area is 209 Å². The zero-order valence-electron chi connectivity index (χ0n) is 19.9. The van der Waals surface area contributed by atoms with Crippen LogP contribution in [0.2, 0.25) is 0 Å². The summed E-state index contributed by atoms with van der Waals surface area (Å²) < 4.78 is 6.16. The fraction of sp³-hybridized carbons (Fsp3) is 0.500. The first-order chi connectivity index (χ1) is 17.1. The highest BCUT2D eigenvalue weighted by molar-refractivity contribution is 8.01. The highest BCUT2D eigenvalue weighted by atomic mass is 32.2. The van der Waals surface area contributed by atoms with Crippen LogP contribution in [0.3, 0.4) is 0 Å². The molecule has 2 unspecified atom stereocenters. The molecule has 8 nitrogen and oxygen atoms in total. The smallest absolute Gasteiger partial charge is 0.327 e. The van der Waals surface area contributed by atoms with Crippen LogP contribution in [0.5, 0.6) is 5.75 Å². The van der Waals surface area contributed by atoms with Gasteiger partial charge in [-0.3, -0.25) is 9.69 Å². The summed E-state index contributed by atoms with van der Waals surface area (Å²) in [6, 6.07) is 7.28. The number of carbonyl (C=O) groups excluding carboxylic acids is 2. The van der Waals surface area contributed by atoms with Crippen molar-refractivity contribution in [3.05, 3.63) is 41.6 Å². The first kappa shape index (κ1) is 22.7. The van der Waals surface area contributed by atoms with Crippen LogP contribution in [0.25, 0.3) is 0 Å². The van der Waals surface area contributed by atoms with E-state index >= 15 is 0 Å². The maximum atomic E-state index is 13.4. The molecule has 3 aliphatic heterocycles. The first-order valence-corrected chi connectivity index (χ1v) is 13.5. The van der Waals surface area contributed by atoms with Gasteiger partial charge >= 0.3 is 6.03 Å². The second-order valence-electron chi connectivity index (χ2n) is 9.87. The summed E-state index contributed by atoms with van der Waals surface area (Å²) in [4.78, 5) is 32.9. The normalized spacial score (nSPS) is 25.8. The molecule has 3 amide bonds. The molecular formula is C26H31N5O3S. The van der Waals surface area contributed by atoms with Crippen LogP contribution in [0, 0.1) is 6.92 Å². The Morgan fingerprint density at radius 1 is 1.17 bits per heavy atom. The van der Waals surface area contributed by atoms with Crippen LogP contribution in [0.1, 0.15) is 55.7 Å². The molecule has 1 saturated heterocycles. The Kier molecular flexibility index (Phi) is 6.06. The standard InChI is InChI=1S/C26H31N5O3S/c1-15-13-18(34-17-6-2-3-7-17)8-9-19(15)31-20-10-12-28-25-21(20)22(30-26(31)33)23(35-25)24(32)29-16-5-4-11-27-14-16/h8-10,12-13,16-17,22-23,27H,2-7,11,14H2,1H3,(H,29,32)(H,30,33)/t16?,22?,23-/m1/s1. The lowest BCUT2D eigenvalue weighted by Gasteiger charge is -2.35. The fourth-order valence-corrected chi connectivity index (χ4v) is 6.91. The average Bonchev–Trinajstić information content (AvgIpc) is 3.50. The monoisotopic (exact) mass is 493 g/mol. The number of ether oxygens (including phenoxy) is 1. The number of rotatable bonds is 5. The van der Waals surface area contributed by atoms with E-state index in [-0.39, 0.29) is 24.1 Å². The van der Waals surface area contributed by atoms with Gasteiger partial charge in [-0.2, -0.15) is 0 Å². The number of anilines is 2. The van der Waals surface area contributed by atoms with E-state index < -0.39 is 11.3 Å². The fourth-order valence-electron chi connectivity index (χ4n) is 5.67. The van der Waals surface area contributed by atoms with Gasteiger partial charge in [-0.1, -0.05) is 11.8 Å². The Bertz CT molecular complexity index is 1150. The molecule has 4 aliphatic rings. The zero-order valence-corrected chi connectivity index (χ0v) is 20.7. The molecule has 0 spiro atoms. The predicted molar refractivity (Wildman–Crippen MR) is 135 cm³/mol. The summed E-state index contributed by atoms with van der Waals surface area (Å²) >= 11 is 1.44. The first-order valence-electron chi connectivity index (χ1n) is 12.6. The second kappa shape index (κ2) is 9.35. The molecule has 6 rings (SSSR count). The number of pyridine rings is 1.